The second-order valence-electron chi connectivity index (χ2n) is 4.90. The molecule has 0 aromatic heterocycles. The molecule has 18 heavy (non-hydrogen) atoms. The topological polar surface area (TPSA) is 69.6 Å². The minimum Gasteiger partial charge on any atom is -0.480 e. The summed E-state index contributed by atoms with van der Waals surface area (Å²) in [5, 5.41) is 11.6. The van der Waals surface area contributed by atoms with Crippen molar-refractivity contribution in [2.24, 2.45) is 5.92 Å². The van der Waals surface area contributed by atoms with E-state index >= 15 is 0 Å². The number of amides is 1. The first-order chi connectivity index (χ1) is 8.42. The molecule has 0 rings (SSSR count). The number of nitrogens with zero attached hydrogens (tertiary/aromatic N) is 1. The van der Waals surface area contributed by atoms with E-state index in [1.807, 2.05) is 0 Å². The van der Waals surface area contributed by atoms with Crippen molar-refractivity contribution in [3.05, 3.63) is 0 Å². The number of hydrogen-bond donors (Lipinski definition) is 2. The van der Waals surface area contributed by atoms with Crippen molar-refractivity contribution >= 4 is 11.9 Å². The maximum Gasteiger partial charge on any atom is 0.326 e. The fourth-order valence-corrected chi connectivity index (χ4v) is 1.84. The summed E-state index contributed by atoms with van der Waals surface area (Å²) in [6, 6.07) is -0.803. The number of hydrogen-bond acceptors (Lipinski definition) is 3. The molecule has 0 aliphatic heterocycles. The van der Waals surface area contributed by atoms with Crippen molar-refractivity contribution in [3.63, 3.8) is 0 Å². The van der Waals surface area contributed by atoms with Crippen LogP contribution in [0, 0.1) is 5.92 Å². The molecule has 0 saturated carbocycles. The van der Waals surface area contributed by atoms with Crippen LogP contribution in [0.3, 0.4) is 0 Å². The number of carboxylic acid groups (broad SMARTS) is 1. The van der Waals surface area contributed by atoms with Crippen LogP contribution in [-0.4, -0.2) is 47.6 Å². The second kappa shape index (κ2) is 8.91. The Bertz CT molecular complexity index is 261. The van der Waals surface area contributed by atoms with E-state index in [1.165, 1.54) is 0 Å². The third-order valence-corrected chi connectivity index (χ3v) is 2.70. The molecule has 5 nitrogen and oxygen atoms in total. The lowest BCUT2D eigenvalue weighted by molar-refractivity contribution is -0.143. The minimum atomic E-state index is -0.976. The normalized spacial score (nSPS) is 12.8. The SMILES string of the molecule is CCCN(CCC)CC(=O)NC(C(=O)O)C(C)C. The first-order valence-corrected chi connectivity index (χ1v) is 6.66. The van der Waals surface area contributed by atoms with Crippen molar-refractivity contribution in [2.45, 2.75) is 46.6 Å². The summed E-state index contributed by atoms with van der Waals surface area (Å²) < 4.78 is 0. The number of carbonyl (C=O) groups excluding carboxylic acids is 1. The van der Waals surface area contributed by atoms with Gasteiger partial charge in [-0.1, -0.05) is 27.7 Å². The standard InChI is InChI=1S/C13H26N2O3/c1-5-7-15(8-6-2)9-11(16)14-12(10(3)4)13(17)18/h10,12H,5-9H2,1-4H3,(H,14,16)(H,17,18). The highest BCUT2D eigenvalue weighted by atomic mass is 16.4. The van der Waals surface area contributed by atoms with Gasteiger partial charge in [0.25, 0.3) is 0 Å². The molecular formula is C13H26N2O3. The Labute approximate surface area is 110 Å². The molecule has 5 heteroatoms. The van der Waals surface area contributed by atoms with E-state index in [9.17, 15) is 9.59 Å². The van der Waals surface area contributed by atoms with E-state index in [2.05, 4.69) is 24.1 Å². The van der Waals surface area contributed by atoms with Crippen LogP contribution in [0.15, 0.2) is 0 Å². The molecule has 0 saturated heterocycles. The predicted octanol–water partition coefficient (Wildman–Crippen LogP) is 1.33. The Morgan fingerprint density at radius 1 is 1.17 bits per heavy atom. The maximum absolute atomic E-state index is 11.8. The van der Waals surface area contributed by atoms with E-state index < -0.39 is 12.0 Å². The van der Waals surface area contributed by atoms with Gasteiger partial charge in [0.15, 0.2) is 0 Å². The second-order valence-corrected chi connectivity index (χ2v) is 4.90. The van der Waals surface area contributed by atoms with E-state index in [-0.39, 0.29) is 18.4 Å². The quantitative estimate of drug-likeness (QED) is 0.654. The zero-order valence-corrected chi connectivity index (χ0v) is 11.9. The molecular weight excluding hydrogens is 232 g/mol. The van der Waals surface area contributed by atoms with Crippen LogP contribution in [0.2, 0.25) is 0 Å². The predicted molar refractivity (Wildman–Crippen MR) is 71.4 cm³/mol. The largest absolute Gasteiger partial charge is 0.480 e. The van der Waals surface area contributed by atoms with Crippen LogP contribution in [0.25, 0.3) is 0 Å². The fraction of sp³-hybridized carbons (Fsp3) is 0.846. The van der Waals surface area contributed by atoms with Crippen LogP contribution >= 0.6 is 0 Å². The van der Waals surface area contributed by atoms with Gasteiger partial charge in [0, 0.05) is 0 Å². The number of carboxylic acids is 1. The summed E-state index contributed by atoms with van der Waals surface area (Å²) in [6.45, 7) is 9.70. The molecule has 0 aliphatic rings. The third kappa shape index (κ3) is 6.59. The highest BCUT2D eigenvalue weighted by Crippen LogP contribution is 2.02. The van der Waals surface area contributed by atoms with E-state index in [4.69, 9.17) is 5.11 Å². The Balaban J connectivity index is 4.32. The highest BCUT2D eigenvalue weighted by molar-refractivity contribution is 5.84. The summed E-state index contributed by atoms with van der Waals surface area (Å²) in [5.74, 6) is -1.30. The lowest BCUT2D eigenvalue weighted by atomic mass is 10.0. The van der Waals surface area contributed by atoms with Gasteiger partial charge in [-0.3, -0.25) is 9.69 Å². The van der Waals surface area contributed by atoms with Gasteiger partial charge in [0.1, 0.15) is 6.04 Å². The molecule has 0 bridgehead atoms. The fourth-order valence-electron chi connectivity index (χ4n) is 1.84. The molecule has 0 heterocycles. The van der Waals surface area contributed by atoms with Crippen molar-refractivity contribution in [2.75, 3.05) is 19.6 Å². The maximum atomic E-state index is 11.8. The van der Waals surface area contributed by atoms with Crippen molar-refractivity contribution < 1.29 is 14.7 Å². The van der Waals surface area contributed by atoms with E-state index in [1.54, 1.807) is 13.8 Å². The van der Waals surface area contributed by atoms with Crippen molar-refractivity contribution in [1.29, 1.82) is 0 Å². The lowest BCUT2D eigenvalue weighted by Crippen LogP contribution is -2.48. The Morgan fingerprint density at radius 2 is 1.67 bits per heavy atom. The first-order valence-electron chi connectivity index (χ1n) is 6.66. The summed E-state index contributed by atoms with van der Waals surface area (Å²) in [7, 11) is 0. The van der Waals surface area contributed by atoms with Crippen LogP contribution < -0.4 is 5.32 Å². The average Bonchev–Trinajstić information content (AvgIpc) is 2.25. The van der Waals surface area contributed by atoms with Gasteiger partial charge < -0.3 is 10.4 Å². The smallest absolute Gasteiger partial charge is 0.326 e. The zero-order valence-electron chi connectivity index (χ0n) is 11.9. The molecule has 0 radical (unpaired) electrons. The minimum absolute atomic E-state index is 0.114. The molecule has 1 amide bonds. The van der Waals surface area contributed by atoms with E-state index in [0.29, 0.717) is 0 Å². The van der Waals surface area contributed by atoms with Gasteiger partial charge in [0.2, 0.25) is 5.91 Å². The van der Waals surface area contributed by atoms with Crippen LogP contribution in [0.4, 0.5) is 0 Å². The van der Waals surface area contributed by atoms with Gasteiger partial charge in [-0.15, -0.1) is 0 Å². The Morgan fingerprint density at radius 3 is 2.00 bits per heavy atom. The van der Waals surface area contributed by atoms with E-state index in [0.717, 1.165) is 25.9 Å². The van der Waals surface area contributed by atoms with Crippen molar-refractivity contribution in [3.8, 4) is 0 Å². The molecule has 0 aromatic carbocycles. The van der Waals surface area contributed by atoms with Crippen molar-refractivity contribution in [1.82, 2.24) is 10.2 Å². The van der Waals surface area contributed by atoms with Gasteiger partial charge in [0.05, 0.1) is 6.54 Å². The number of aliphatic carboxylic acids is 1. The Kier molecular flexibility index (Phi) is 8.37. The van der Waals surface area contributed by atoms with Crippen LogP contribution in [0.1, 0.15) is 40.5 Å². The van der Waals surface area contributed by atoms with Gasteiger partial charge in [-0.2, -0.15) is 0 Å². The molecule has 0 aromatic rings. The van der Waals surface area contributed by atoms with Crippen LogP contribution in [0.5, 0.6) is 0 Å². The summed E-state index contributed by atoms with van der Waals surface area (Å²) >= 11 is 0. The number of nitrogens with one attached hydrogen (secondary N) is 1. The number of carbonyl (C=O) groups is 2. The monoisotopic (exact) mass is 258 g/mol. The van der Waals surface area contributed by atoms with Gasteiger partial charge in [-0.05, 0) is 31.8 Å². The number of rotatable bonds is 9. The third-order valence-electron chi connectivity index (χ3n) is 2.70. The summed E-state index contributed by atoms with van der Waals surface area (Å²) in [5.41, 5.74) is 0. The summed E-state index contributed by atoms with van der Waals surface area (Å²) in [4.78, 5) is 24.8. The Hall–Kier alpha value is -1.10. The van der Waals surface area contributed by atoms with Gasteiger partial charge >= 0.3 is 5.97 Å². The lowest BCUT2D eigenvalue weighted by Gasteiger charge is -2.23. The molecule has 0 aliphatic carbocycles. The molecule has 0 spiro atoms. The molecule has 1 unspecified atom stereocenters. The molecule has 1 atom stereocenters. The highest BCUT2D eigenvalue weighted by Gasteiger charge is 2.23. The van der Waals surface area contributed by atoms with Gasteiger partial charge in [-0.25, -0.2) is 4.79 Å². The van der Waals surface area contributed by atoms with Crippen LogP contribution in [-0.2, 0) is 9.59 Å². The molecule has 106 valence electrons. The average molecular weight is 258 g/mol. The zero-order chi connectivity index (χ0) is 14.1. The molecule has 2 N–H and O–H groups in total. The summed E-state index contributed by atoms with van der Waals surface area (Å²) in [6.07, 6.45) is 1.97. The first kappa shape index (κ1) is 16.9. The molecule has 0 fully saturated rings.